The number of carbonyl (C=O) groups excluding carboxylic acids is 1. The van der Waals surface area contributed by atoms with E-state index in [1.165, 1.54) is 0 Å². The second kappa shape index (κ2) is 5.66. The lowest BCUT2D eigenvalue weighted by Gasteiger charge is -2.37. The van der Waals surface area contributed by atoms with E-state index >= 15 is 0 Å². The summed E-state index contributed by atoms with van der Waals surface area (Å²) in [6, 6.07) is 0. The molecule has 2 aliphatic rings. The van der Waals surface area contributed by atoms with E-state index in [1.54, 1.807) is 0 Å². The molecular formula is C16H24O5Si. The standard InChI is InChI=1S/C16H24O5Si/c1-16(2,3)22(4,5)21-8-10-6-7-11-12(14(17)18)9-20-15(19)13(10)11/h6,9,11,13H,7-8H2,1-5H3,(H,17,18)/t11?,13-/m1/s1. The lowest BCUT2D eigenvalue weighted by atomic mass is 9.84. The zero-order valence-electron chi connectivity index (χ0n) is 13.8. The summed E-state index contributed by atoms with van der Waals surface area (Å²) < 4.78 is 11.1. The van der Waals surface area contributed by atoms with Gasteiger partial charge in [0.25, 0.3) is 0 Å². The Hall–Kier alpha value is -1.40. The maximum absolute atomic E-state index is 12.0. The molecule has 0 aromatic rings. The van der Waals surface area contributed by atoms with Crippen molar-refractivity contribution < 1.29 is 23.9 Å². The van der Waals surface area contributed by atoms with Crippen LogP contribution in [0.5, 0.6) is 0 Å². The van der Waals surface area contributed by atoms with Crippen LogP contribution in [0.15, 0.2) is 23.5 Å². The molecule has 2 rings (SSSR count). The molecular weight excluding hydrogens is 300 g/mol. The Kier molecular flexibility index (Phi) is 4.36. The number of cyclic esters (lactones) is 1. The van der Waals surface area contributed by atoms with Crippen molar-refractivity contribution in [3.05, 3.63) is 23.5 Å². The molecule has 0 saturated heterocycles. The molecule has 5 nitrogen and oxygen atoms in total. The van der Waals surface area contributed by atoms with Crippen molar-refractivity contribution in [3.63, 3.8) is 0 Å². The maximum Gasteiger partial charge on any atom is 0.335 e. The number of hydrogen-bond acceptors (Lipinski definition) is 4. The molecule has 1 N–H and O–H groups in total. The van der Waals surface area contributed by atoms with Gasteiger partial charge in [-0.3, -0.25) is 4.79 Å². The fraction of sp³-hybridized carbons (Fsp3) is 0.625. The number of esters is 1. The Bertz CT molecular complexity index is 553. The van der Waals surface area contributed by atoms with E-state index in [2.05, 4.69) is 33.9 Å². The van der Waals surface area contributed by atoms with Crippen LogP contribution < -0.4 is 0 Å². The second-order valence-corrected chi connectivity index (χ2v) is 12.3. The van der Waals surface area contributed by atoms with Crippen molar-refractivity contribution in [1.82, 2.24) is 0 Å². The van der Waals surface area contributed by atoms with Gasteiger partial charge in [-0.15, -0.1) is 0 Å². The van der Waals surface area contributed by atoms with Crippen molar-refractivity contribution in [1.29, 1.82) is 0 Å². The highest BCUT2D eigenvalue weighted by Crippen LogP contribution is 2.42. The first-order valence-corrected chi connectivity index (χ1v) is 10.4. The molecule has 0 aromatic carbocycles. The van der Waals surface area contributed by atoms with Gasteiger partial charge in [0, 0.05) is 5.92 Å². The van der Waals surface area contributed by atoms with E-state index in [4.69, 9.17) is 9.16 Å². The van der Waals surface area contributed by atoms with Crippen LogP contribution in [0.25, 0.3) is 0 Å². The number of ether oxygens (including phenoxy) is 1. The Morgan fingerprint density at radius 1 is 1.45 bits per heavy atom. The fourth-order valence-corrected chi connectivity index (χ4v) is 3.50. The molecule has 1 aliphatic carbocycles. The normalized spacial score (nSPS) is 25.2. The van der Waals surface area contributed by atoms with Gasteiger partial charge in [-0.05, 0) is 30.1 Å². The summed E-state index contributed by atoms with van der Waals surface area (Å²) >= 11 is 0. The summed E-state index contributed by atoms with van der Waals surface area (Å²) in [6.45, 7) is 11.2. The van der Waals surface area contributed by atoms with Crippen molar-refractivity contribution in [2.75, 3.05) is 6.61 Å². The molecule has 22 heavy (non-hydrogen) atoms. The first kappa shape index (κ1) is 17.0. The first-order chi connectivity index (χ1) is 10.0. The van der Waals surface area contributed by atoms with Gasteiger partial charge in [-0.1, -0.05) is 26.8 Å². The summed E-state index contributed by atoms with van der Waals surface area (Å²) in [5, 5.41) is 9.30. The van der Waals surface area contributed by atoms with Crippen molar-refractivity contribution in [2.45, 2.75) is 45.3 Å². The predicted molar refractivity (Wildman–Crippen MR) is 84.6 cm³/mol. The number of fused-ring (bicyclic) bond motifs is 1. The van der Waals surface area contributed by atoms with E-state index in [0.717, 1.165) is 11.8 Å². The second-order valence-electron chi connectivity index (χ2n) is 7.46. The minimum atomic E-state index is -1.91. The quantitative estimate of drug-likeness (QED) is 0.489. The molecule has 1 heterocycles. The van der Waals surface area contributed by atoms with Crippen LogP contribution in [0.3, 0.4) is 0 Å². The van der Waals surface area contributed by atoms with Gasteiger partial charge in [-0.25, -0.2) is 4.79 Å². The Morgan fingerprint density at radius 3 is 2.64 bits per heavy atom. The highest BCUT2D eigenvalue weighted by molar-refractivity contribution is 6.74. The number of carboxylic acids is 1. The number of hydrogen-bond donors (Lipinski definition) is 1. The summed E-state index contributed by atoms with van der Waals surface area (Å²) in [6.07, 6.45) is 3.57. The van der Waals surface area contributed by atoms with Crippen molar-refractivity contribution in [2.24, 2.45) is 11.8 Å². The summed E-state index contributed by atoms with van der Waals surface area (Å²) in [5.74, 6) is -2.24. The van der Waals surface area contributed by atoms with Gasteiger partial charge in [0.2, 0.25) is 0 Å². The lowest BCUT2D eigenvalue weighted by Crippen LogP contribution is -2.42. The van der Waals surface area contributed by atoms with Gasteiger partial charge in [0.1, 0.15) is 6.26 Å². The molecule has 0 radical (unpaired) electrons. The monoisotopic (exact) mass is 324 g/mol. The van der Waals surface area contributed by atoms with Crippen molar-refractivity contribution >= 4 is 20.3 Å². The molecule has 0 saturated carbocycles. The SMILES string of the molecule is CC(C)(C)[Si](C)(C)OCC1=CCC2C(C(=O)O)=COC(=O)[C@H]12. The zero-order chi connectivity index (χ0) is 16.7. The molecule has 2 atom stereocenters. The Balaban J connectivity index is 2.11. The number of rotatable bonds is 4. The molecule has 122 valence electrons. The van der Waals surface area contributed by atoms with E-state index in [0.29, 0.717) is 13.0 Å². The third-order valence-electron chi connectivity index (χ3n) is 5.04. The van der Waals surface area contributed by atoms with Crippen LogP contribution in [-0.2, 0) is 18.8 Å². The van der Waals surface area contributed by atoms with Gasteiger partial charge in [-0.2, -0.15) is 0 Å². The van der Waals surface area contributed by atoms with Gasteiger partial charge < -0.3 is 14.3 Å². The highest BCUT2D eigenvalue weighted by Gasteiger charge is 2.45. The highest BCUT2D eigenvalue weighted by atomic mass is 28.4. The first-order valence-electron chi connectivity index (χ1n) is 7.51. The summed E-state index contributed by atoms with van der Waals surface area (Å²) in [5.41, 5.74) is 1.02. The van der Waals surface area contributed by atoms with Gasteiger partial charge in [0.05, 0.1) is 18.1 Å². The van der Waals surface area contributed by atoms with E-state index in [9.17, 15) is 14.7 Å². The molecule has 0 aromatic heterocycles. The predicted octanol–water partition coefficient (Wildman–Crippen LogP) is 3.10. The minimum absolute atomic E-state index is 0.0881. The molecule has 0 bridgehead atoms. The maximum atomic E-state index is 12.0. The largest absolute Gasteiger partial charge is 0.478 e. The van der Waals surface area contributed by atoms with E-state index in [-0.39, 0.29) is 22.5 Å². The molecule has 0 fully saturated rings. The topological polar surface area (TPSA) is 72.8 Å². The Labute approximate surface area is 132 Å². The lowest BCUT2D eigenvalue weighted by molar-refractivity contribution is -0.145. The van der Waals surface area contributed by atoms with Crippen LogP contribution in [0, 0.1) is 11.8 Å². The molecule has 0 spiro atoms. The zero-order valence-corrected chi connectivity index (χ0v) is 14.8. The molecule has 6 heteroatoms. The number of carbonyl (C=O) groups is 2. The minimum Gasteiger partial charge on any atom is -0.478 e. The third-order valence-corrected chi connectivity index (χ3v) is 9.52. The molecule has 1 unspecified atom stereocenters. The van der Waals surface area contributed by atoms with Crippen LogP contribution in [0.2, 0.25) is 18.1 Å². The summed E-state index contributed by atoms with van der Waals surface area (Å²) in [4.78, 5) is 23.3. The van der Waals surface area contributed by atoms with Gasteiger partial charge in [0.15, 0.2) is 8.32 Å². The van der Waals surface area contributed by atoms with Crippen LogP contribution in [0.4, 0.5) is 0 Å². The van der Waals surface area contributed by atoms with Crippen molar-refractivity contribution in [3.8, 4) is 0 Å². The summed E-state index contributed by atoms with van der Waals surface area (Å²) in [7, 11) is -1.91. The molecule has 0 amide bonds. The number of aliphatic carboxylic acids is 1. The van der Waals surface area contributed by atoms with E-state index in [1.807, 2.05) is 6.08 Å². The number of carboxylic acid groups (broad SMARTS) is 1. The molecule has 1 aliphatic heterocycles. The average molecular weight is 324 g/mol. The number of allylic oxidation sites excluding steroid dienone is 1. The third kappa shape index (κ3) is 3.03. The smallest absolute Gasteiger partial charge is 0.335 e. The van der Waals surface area contributed by atoms with E-state index < -0.39 is 20.2 Å². The van der Waals surface area contributed by atoms with Crippen LogP contribution in [0.1, 0.15) is 27.2 Å². The van der Waals surface area contributed by atoms with Crippen LogP contribution in [-0.4, -0.2) is 32.0 Å². The van der Waals surface area contributed by atoms with Crippen LogP contribution >= 0.6 is 0 Å². The average Bonchev–Trinajstić information content (AvgIpc) is 2.80. The Morgan fingerprint density at radius 2 is 2.09 bits per heavy atom. The van der Waals surface area contributed by atoms with Gasteiger partial charge >= 0.3 is 11.9 Å². The fourth-order valence-electron chi connectivity index (χ4n) is 2.54.